The van der Waals surface area contributed by atoms with Gasteiger partial charge >= 0.3 is 4.87 Å². The largest absolute Gasteiger partial charge is 0.497 e. The number of rotatable bonds is 5. The molecule has 206 valence electrons. The van der Waals surface area contributed by atoms with E-state index in [0.29, 0.717) is 11.4 Å². The molecule has 3 fully saturated rings. The summed E-state index contributed by atoms with van der Waals surface area (Å²) >= 11 is 2.76. The minimum atomic E-state index is -0.965. The Morgan fingerprint density at radius 3 is 2.40 bits per heavy atom. The number of H-pyrrole nitrogens is 1. The Morgan fingerprint density at radius 1 is 1.05 bits per heavy atom. The number of carbonyl (C=O) groups is 3. The van der Waals surface area contributed by atoms with Gasteiger partial charge in [0.15, 0.2) is 0 Å². The highest BCUT2D eigenvalue weighted by Crippen LogP contribution is 2.68. The van der Waals surface area contributed by atoms with Gasteiger partial charge in [-0.1, -0.05) is 23.5 Å². The van der Waals surface area contributed by atoms with Crippen LogP contribution in [-0.2, 0) is 14.4 Å². The third-order valence-electron chi connectivity index (χ3n) is 9.11. The summed E-state index contributed by atoms with van der Waals surface area (Å²) in [6, 6.07) is 12.2. The number of thioether (sulfide) groups is 1. The Labute approximate surface area is 237 Å². The van der Waals surface area contributed by atoms with Crippen molar-refractivity contribution in [2.24, 2.45) is 29.6 Å². The molecule has 7 rings (SSSR count). The van der Waals surface area contributed by atoms with Crippen molar-refractivity contribution < 1.29 is 23.5 Å². The van der Waals surface area contributed by atoms with Crippen LogP contribution in [0, 0.1) is 35.4 Å². The number of aromatic amines is 1. The molecule has 40 heavy (non-hydrogen) atoms. The van der Waals surface area contributed by atoms with Crippen LogP contribution in [-0.4, -0.2) is 46.0 Å². The number of fused-ring (bicyclic) bond motifs is 9. The molecule has 1 aromatic heterocycles. The highest BCUT2D eigenvalue weighted by Gasteiger charge is 2.70. The smallest absolute Gasteiger partial charge is 0.305 e. The molecular formula is C29H26FN3O5S2. The Balaban J connectivity index is 1.19. The summed E-state index contributed by atoms with van der Waals surface area (Å²) in [6.07, 6.45) is 0.742. The molecule has 2 aromatic carbocycles. The Morgan fingerprint density at radius 2 is 1.73 bits per heavy atom. The quantitative estimate of drug-likeness (QED) is 0.441. The molecular weight excluding hydrogens is 553 g/mol. The summed E-state index contributed by atoms with van der Waals surface area (Å²) in [4.78, 5) is 58.1. The van der Waals surface area contributed by atoms with Crippen LogP contribution in [0.25, 0.3) is 0 Å². The molecule has 2 aliphatic carbocycles. The van der Waals surface area contributed by atoms with Crippen molar-refractivity contribution in [1.82, 2.24) is 9.88 Å². The standard InChI is InChI=1S/C29H26FN3O5S2/c1-12(25(34)31-15-7-9-16(38-2)10-8-15)33-27(35)21-17-11-18(22(21)28(33)36)23-20(17)19(13-3-5-14(30)6-4-13)24-26(39-23)32-29(37)40-24/h3-10,12,17-23H,11H2,1-2H3,(H,31,34)(H,32,37). The molecule has 2 N–H and O–H groups in total. The van der Waals surface area contributed by atoms with Crippen molar-refractivity contribution in [2.45, 2.75) is 35.6 Å². The molecule has 0 radical (unpaired) electrons. The number of methoxy groups -OCH3 is 1. The van der Waals surface area contributed by atoms with Crippen LogP contribution in [0.1, 0.15) is 29.7 Å². The van der Waals surface area contributed by atoms with Gasteiger partial charge in [-0.05, 0) is 73.1 Å². The summed E-state index contributed by atoms with van der Waals surface area (Å²) in [6.45, 7) is 1.59. The second-order valence-corrected chi connectivity index (χ2v) is 13.2. The van der Waals surface area contributed by atoms with Gasteiger partial charge in [-0.25, -0.2) is 4.39 Å². The van der Waals surface area contributed by atoms with Crippen LogP contribution in [0.15, 0.2) is 58.4 Å². The molecule has 3 heterocycles. The van der Waals surface area contributed by atoms with Crippen LogP contribution in [0.3, 0.4) is 0 Å². The number of aromatic nitrogens is 1. The first kappa shape index (κ1) is 25.5. The first-order valence-electron chi connectivity index (χ1n) is 13.2. The van der Waals surface area contributed by atoms with Gasteiger partial charge in [0, 0.05) is 21.7 Å². The number of thiazole rings is 1. The van der Waals surface area contributed by atoms with E-state index in [1.165, 1.54) is 17.0 Å². The molecule has 11 heteroatoms. The van der Waals surface area contributed by atoms with Crippen LogP contribution in [0.4, 0.5) is 10.1 Å². The zero-order chi connectivity index (χ0) is 27.9. The maximum atomic E-state index is 13.9. The maximum Gasteiger partial charge on any atom is 0.305 e. The molecule has 2 saturated carbocycles. The highest BCUT2D eigenvalue weighted by molar-refractivity contribution is 8.00. The van der Waals surface area contributed by atoms with E-state index in [-0.39, 0.29) is 51.4 Å². The Hall–Kier alpha value is -3.44. The summed E-state index contributed by atoms with van der Waals surface area (Å²) in [5, 5.41) is 3.63. The van der Waals surface area contributed by atoms with Gasteiger partial charge in [0.05, 0.1) is 24.0 Å². The lowest BCUT2D eigenvalue weighted by Crippen LogP contribution is -2.46. The van der Waals surface area contributed by atoms with Gasteiger partial charge in [0.1, 0.15) is 17.6 Å². The van der Waals surface area contributed by atoms with Crippen molar-refractivity contribution >= 4 is 46.5 Å². The van der Waals surface area contributed by atoms with Gasteiger partial charge in [-0.3, -0.25) is 24.1 Å². The molecule has 3 aromatic rings. The lowest BCUT2D eigenvalue weighted by molar-refractivity contribution is -0.146. The second kappa shape index (κ2) is 9.31. The molecule has 0 spiro atoms. The number of nitrogens with one attached hydrogen (secondary N) is 2. The number of amides is 3. The topological polar surface area (TPSA) is 109 Å². The number of anilines is 1. The number of carbonyl (C=O) groups excluding carboxylic acids is 3. The maximum absolute atomic E-state index is 13.9. The lowest BCUT2D eigenvalue weighted by atomic mass is 9.68. The number of imide groups is 1. The van der Waals surface area contributed by atoms with Gasteiger partial charge in [-0.15, -0.1) is 11.8 Å². The predicted octanol–water partition coefficient (Wildman–Crippen LogP) is 4.08. The zero-order valence-electron chi connectivity index (χ0n) is 21.6. The third-order valence-corrected chi connectivity index (χ3v) is 11.7. The molecule has 3 amide bonds. The van der Waals surface area contributed by atoms with Crippen LogP contribution in [0.5, 0.6) is 5.75 Å². The second-order valence-electron chi connectivity index (χ2n) is 11.0. The Bertz CT molecular complexity index is 1590. The number of nitrogens with zero attached hydrogens (tertiary/aromatic N) is 1. The molecule has 2 bridgehead atoms. The number of halogens is 1. The average molecular weight is 580 g/mol. The molecule has 2 aliphatic heterocycles. The van der Waals surface area contributed by atoms with Crippen molar-refractivity contribution in [3.8, 4) is 5.75 Å². The zero-order valence-corrected chi connectivity index (χ0v) is 23.3. The van der Waals surface area contributed by atoms with E-state index in [1.807, 2.05) is 0 Å². The summed E-state index contributed by atoms with van der Waals surface area (Å²) in [7, 11) is 1.55. The molecule has 8 atom stereocenters. The highest BCUT2D eigenvalue weighted by atomic mass is 32.2. The number of hydrogen-bond acceptors (Lipinski definition) is 7. The van der Waals surface area contributed by atoms with E-state index in [1.54, 1.807) is 62.2 Å². The van der Waals surface area contributed by atoms with Crippen molar-refractivity contribution in [1.29, 1.82) is 0 Å². The molecule has 8 nitrogen and oxygen atoms in total. The summed E-state index contributed by atoms with van der Waals surface area (Å²) in [5.74, 6) is -1.99. The number of benzene rings is 2. The first-order chi connectivity index (χ1) is 19.3. The van der Waals surface area contributed by atoms with E-state index in [0.717, 1.165) is 33.2 Å². The molecule has 8 unspecified atom stereocenters. The Kier molecular flexibility index (Phi) is 5.94. The SMILES string of the molecule is COc1ccc(NC(=O)C(C)N2C(=O)C3C4CC(C3C2=O)C2C(c3ccc(F)cc3)c3sc(=O)[nH]c3SC42)cc1. The van der Waals surface area contributed by atoms with Crippen LogP contribution >= 0.6 is 23.1 Å². The minimum Gasteiger partial charge on any atom is -0.497 e. The van der Waals surface area contributed by atoms with E-state index in [9.17, 15) is 23.6 Å². The lowest BCUT2D eigenvalue weighted by Gasteiger charge is -2.43. The predicted molar refractivity (Wildman–Crippen MR) is 148 cm³/mol. The number of ether oxygens (including phenoxy) is 1. The van der Waals surface area contributed by atoms with Gasteiger partial charge in [-0.2, -0.15) is 0 Å². The molecule has 4 aliphatic rings. The minimum absolute atomic E-state index is 0.0146. The van der Waals surface area contributed by atoms with Gasteiger partial charge in [0.2, 0.25) is 17.7 Å². The van der Waals surface area contributed by atoms with Crippen molar-refractivity contribution in [2.75, 3.05) is 12.4 Å². The normalized spacial score (nSPS) is 30.6. The number of likely N-dealkylation sites (tertiary alicyclic amines) is 1. The summed E-state index contributed by atoms with van der Waals surface area (Å²) in [5.41, 5.74) is 1.44. The van der Waals surface area contributed by atoms with E-state index in [4.69, 9.17) is 4.74 Å². The summed E-state index contributed by atoms with van der Waals surface area (Å²) < 4.78 is 19.0. The average Bonchev–Trinajstić information content (AvgIpc) is 3.68. The van der Waals surface area contributed by atoms with E-state index >= 15 is 0 Å². The monoisotopic (exact) mass is 579 g/mol. The van der Waals surface area contributed by atoms with Crippen molar-refractivity contribution in [3.63, 3.8) is 0 Å². The third kappa shape index (κ3) is 3.70. The van der Waals surface area contributed by atoms with Gasteiger partial charge in [0.25, 0.3) is 0 Å². The van der Waals surface area contributed by atoms with Crippen molar-refractivity contribution in [3.05, 3.63) is 74.5 Å². The van der Waals surface area contributed by atoms with E-state index < -0.39 is 23.8 Å². The van der Waals surface area contributed by atoms with E-state index in [2.05, 4.69) is 10.3 Å². The molecule has 1 saturated heterocycles. The number of hydrogen-bond donors (Lipinski definition) is 2. The fraction of sp³-hybridized carbons (Fsp3) is 0.379. The van der Waals surface area contributed by atoms with Gasteiger partial charge < -0.3 is 15.0 Å². The first-order valence-corrected chi connectivity index (χ1v) is 14.9. The fourth-order valence-corrected chi connectivity index (χ4v) is 10.4. The van der Waals surface area contributed by atoms with Crippen LogP contribution in [0.2, 0.25) is 0 Å². The fourth-order valence-electron chi connectivity index (χ4n) is 7.50. The van der Waals surface area contributed by atoms with Crippen LogP contribution < -0.4 is 14.9 Å².